The standard InChI is InChI=1S/C19H26N4O2/c1-19(2,3)16-8-6-15(7-9-16)18(25)21-14-17(24)20-10-4-12-23-13-5-11-22-23/h5-9,11,13H,4,10,12,14H2,1-3H3,(H,20,24)(H,21,25). The van der Waals surface area contributed by atoms with Crippen molar-refractivity contribution in [2.75, 3.05) is 13.1 Å². The lowest BCUT2D eigenvalue weighted by molar-refractivity contribution is -0.120. The lowest BCUT2D eigenvalue weighted by Gasteiger charge is -2.19. The van der Waals surface area contributed by atoms with Crippen LogP contribution in [0.5, 0.6) is 0 Å². The van der Waals surface area contributed by atoms with Crippen molar-refractivity contribution in [3.63, 3.8) is 0 Å². The molecule has 134 valence electrons. The Morgan fingerprint density at radius 2 is 1.84 bits per heavy atom. The van der Waals surface area contributed by atoms with Crippen molar-refractivity contribution in [1.82, 2.24) is 20.4 Å². The summed E-state index contributed by atoms with van der Waals surface area (Å²) >= 11 is 0. The Morgan fingerprint density at radius 1 is 1.12 bits per heavy atom. The Bertz CT molecular complexity index is 685. The maximum absolute atomic E-state index is 12.1. The molecule has 0 fully saturated rings. The number of nitrogens with zero attached hydrogens (tertiary/aromatic N) is 2. The molecule has 6 heteroatoms. The molecule has 0 atom stereocenters. The molecule has 0 aliphatic rings. The van der Waals surface area contributed by atoms with E-state index in [1.54, 1.807) is 18.3 Å². The zero-order valence-corrected chi connectivity index (χ0v) is 15.1. The van der Waals surface area contributed by atoms with Crippen molar-refractivity contribution in [2.24, 2.45) is 0 Å². The van der Waals surface area contributed by atoms with Crippen molar-refractivity contribution in [3.8, 4) is 0 Å². The third kappa shape index (κ3) is 6.06. The van der Waals surface area contributed by atoms with E-state index < -0.39 is 0 Å². The van der Waals surface area contributed by atoms with E-state index in [-0.39, 0.29) is 23.8 Å². The second-order valence-corrected chi connectivity index (χ2v) is 6.98. The van der Waals surface area contributed by atoms with Crippen LogP contribution in [0.15, 0.2) is 42.7 Å². The Kier molecular flexibility index (Phi) is 6.33. The molecule has 1 heterocycles. The van der Waals surface area contributed by atoms with Crippen LogP contribution in [-0.2, 0) is 16.8 Å². The van der Waals surface area contributed by atoms with Crippen molar-refractivity contribution < 1.29 is 9.59 Å². The van der Waals surface area contributed by atoms with Gasteiger partial charge in [0.05, 0.1) is 6.54 Å². The molecule has 0 bridgehead atoms. The summed E-state index contributed by atoms with van der Waals surface area (Å²) in [5, 5.41) is 9.52. The normalized spacial score (nSPS) is 11.2. The van der Waals surface area contributed by atoms with E-state index >= 15 is 0 Å². The number of aromatic nitrogens is 2. The summed E-state index contributed by atoms with van der Waals surface area (Å²) in [5.41, 5.74) is 1.77. The van der Waals surface area contributed by atoms with Crippen LogP contribution in [0, 0.1) is 0 Å². The Balaban J connectivity index is 1.69. The SMILES string of the molecule is CC(C)(C)c1ccc(C(=O)NCC(=O)NCCCn2cccn2)cc1. The predicted octanol–water partition coefficient (Wildman–Crippen LogP) is 2.12. The van der Waals surface area contributed by atoms with Gasteiger partial charge in [0.25, 0.3) is 5.91 Å². The first kappa shape index (κ1) is 18.7. The molecule has 2 rings (SSSR count). The van der Waals surface area contributed by atoms with Gasteiger partial charge in [-0.1, -0.05) is 32.9 Å². The molecule has 0 saturated heterocycles. The summed E-state index contributed by atoms with van der Waals surface area (Å²) in [5.74, 6) is -0.438. The van der Waals surface area contributed by atoms with E-state index in [0.29, 0.717) is 12.1 Å². The molecule has 2 N–H and O–H groups in total. The first-order valence-corrected chi connectivity index (χ1v) is 8.49. The fraction of sp³-hybridized carbons (Fsp3) is 0.421. The minimum atomic E-state index is -0.243. The number of carbonyl (C=O) groups excluding carboxylic acids is 2. The van der Waals surface area contributed by atoms with Crippen LogP contribution in [0.1, 0.15) is 43.1 Å². The van der Waals surface area contributed by atoms with Gasteiger partial charge in [-0.15, -0.1) is 0 Å². The van der Waals surface area contributed by atoms with Crippen molar-refractivity contribution in [1.29, 1.82) is 0 Å². The zero-order valence-electron chi connectivity index (χ0n) is 15.1. The second kappa shape index (κ2) is 8.46. The Labute approximate surface area is 148 Å². The Hall–Kier alpha value is -2.63. The number of benzene rings is 1. The van der Waals surface area contributed by atoms with E-state index in [9.17, 15) is 9.59 Å². The van der Waals surface area contributed by atoms with Crippen LogP contribution < -0.4 is 10.6 Å². The maximum atomic E-state index is 12.1. The van der Waals surface area contributed by atoms with Gasteiger partial charge in [0, 0.05) is 31.0 Å². The van der Waals surface area contributed by atoms with Gasteiger partial charge < -0.3 is 10.6 Å². The molecule has 0 spiro atoms. The van der Waals surface area contributed by atoms with Crippen molar-refractivity contribution >= 4 is 11.8 Å². The van der Waals surface area contributed by atoms with Crippen LogP contribution >= 0.6 is 0 Å². The molecule has 0 aliphatic heterocycles. The molecule has 0 saturated carbocycles. The first-order valence-electron chi connectivity index (χ1n) is 8.49. The molecule has 1 aromatic carbocycles. The van der Waals surface area contributed by atoms with Crippen LogP contribution in [0.4, 0.5) is 0 Å². The van der Waals surface area contributed by atoms with E-state index in [2.05, 4.69) is 36.5 Å². The van der Waals surface area contributed by atoms with E-state index in [4.69, 9.17) is 0 Å². The molecule has 2 amide bonds. The molecule has 0 radical (unpaired) electrons. The number of hydrogen-bond donors (Lipinski definition) is 2. The van der Waals surface area contributed by atoms with Crippen molar-refractivity contribution in [2.45, 2.75) is 39.2 Å². The Morgan fingerprint density at radius 3 is 2.44 bits per heavy atom. The highest BCUT2D eigenvalue weighted by Crippen LogP contribution is 2.22. The van der Waals surface area contributed by atoms with Gasteiger partial charge in [0.1, 0.15) is 0 Å². The lowest BCUT2D eigenvalue weighted by atomic mass is 9.87. The number of aryl methyl sites for hydroxylation is 1. The van der Waals surface area contributed by atoms with Gasteiger partial charge in [0.2, 0.25) is 5.91 Å². The molecule has 0 aliphatic carbocycles. The summed E-state index contributed by atoms with van der Waals surface area (Å²) in [4.78, 5) is 23.9. The van der Waals surface area contributed by atoms with Crippen molar-refractivity contribution in [3.05, 3.63) is 53.9 Å². The maximum Gasteiger partial charge on any atom is 0.251 e. The number of rotatable bonds is 7. The van der Waals surface area contributed by atoms with Gasteiger partial charge in [-0.3, -0.25) is 14.3 Å². The number of amides is 2. The third-order valence-corrected chi connectivity index (χ3v) is 3.87. The first-order chi connectivity index (χ1) is 11.9. The van der Waals surface area contributed by atoms with E-state index in [0.717, 1.165) is 13.0 Å². The highest BCUT2D eigenvalue weighted by molar-refractivity contribution is 5.96. The minimum absolute atomic E-state index is 0.0262. The minimum Gasteiger partial charge on any atom is -0.355 e. The number of nitrogens with one attached hydrogen (secondary N) is 2. The van der Waals surface area contributed by atoms with Gasteiger partial charge >= 0.3 is 0 Å². The highest BCUT2D eigenvalue weighted by atomic mass is 16.2. The molecule has 6 nitrogen and oxygen atoms in total. The van der Waals surface area contributed by atoms with Crippen LogP contribution in [-0.4, -0.2) is 34.7 Å². The van der Waals surface area contributed by atoms with Crippen LogP contribution in [0.25, 0.3) is 0 Å². The number of hydrogen-bond acceptors (Lipinski definition) is 3. The average molecular weight is 342 g/mol. The summed E-state index contributed by atoms with van der Waals surface area (Å²) in [6, 6.07) is 9.34. The monoisotopic (exact) mass is 342 g/mol. The second-order valence-electron chi connectivity index (χ2n) is 6.98. The lowest BCUT2D eigenvalue weighted by Crippen LogP contribution is -2.37. The van der Waals surface area contributed by atoms with Gasteiger partial charge in [-0.2, -0.15) is 5.10 Å². The van der Waals surface area contributed by atoms with Gasteiger partial charge in [0.15, 0.2) is 0 Å². The largest absolute Gasteiger partial charge is 0.355 e. The smallest absolute Gasteiger partial charge is 0.251 e. The fourth-order valence-corrected chi connectivity index (χ4v) is 2.35. The van der Waals surface area contributed by atoms with Crippen LogP contribution in [0.2, 0.25) is 0 Å². The van der Waals surface area contributed by atoms with E-state index in [1.807, 2.05) is 29.1 Å². The summed E-state index contributed by atoms with van der Waals surface area (Å²) in [7, 11) is 0. The molecule has 0 unspecified atom stereocenters. The van der Waals surface area contributed by atoms with Crippen LogP contribution in [0.3, 0.4) is 0 Å². The third-order valence-electron chi connectivity index (χ3n) is 3.87. The quantitative estimate of drug-likeness (QED) is 0.757. The molecular weight excluding hydrogens is 316 g/mol. The molecule has 1 aromatic heterocycles. The molecule has 25 heavy (non-hydrogen) atoms. The van der Waals surface area contributed by atoms with E-state index in [1.165, 1.54) is 5.56 Å². The average Bonchev–Trinajstić information content (AvgIpc) is 3.09. The zero-order chi connectivity index (χ0) is 18.3. The van der Waals surface area contributed by atoms with Gasteiger partial charge in [-0.05, 0) is 35.6 Å². The molecule has 2 aromatic rings. The topological polar surface area (TPSA) is 76.0 Å². The summed E-state index contributed by atoms with van der Waals surface area (Å²) in [6.07, 6.45) is 4.39. The molecular formula is C19H26N4O2. The summed E-state index contributed by atoms with van der Waals surface area (Å²) in [6.45, 7) is 7.65. The fourth-order valence-electron chi connectivity index (χ4n) is 2.35. The number of carbonyl (C=O) groups is 2. The highest BCUT2D eigenvalue weighted by Gasteiger charge is 2.14. The van der Waals surface area contributed by atoms with Gasteiger partial charge in [-0.25, -0.2) is 0 Å². The predicted molar refractivity (Wildman–Crippen MR) is 97.3 cm³/mol. The summed E-state index contributed by atoms with van der Waals surface area (Å²) < 4.78 is 1.81.